The second-order valence-electron chi connectivity index (χ2n) is 3.55. The summed E-state index contributed by atoms with van der Waals surface area (Å²) in [5.41, 5.74) is 0.374. The van der Waals surface area contributed by atoms with Crippen molar-refractivity contribution in [2.45, 2.75) is 26.2 Å². The first-order valence-electron chi connectivity index (χ1n) is 5.16. The van der Waals surface area contributed by atoms with Crippen molar-refractivity contribution in [3.63, 3.8) is 0 Å². The van der Waals surface area contributed by atoms with Gasteiger partial charge in [0.25, 0.3) is 0 Å². The van der Waals surface area contributed by atoms with Crippen LogP contribution in [0.1, 0.15) is 46.0 Å². The Bertz CT molecular complexity index is 415. The van der Waals surface area contributed by atoms with Crippen LogP contribution in [-0.4, -0.2) is 22.2 Å². The molecule has 0 aromatic heterocycles. The number of hydrogen-bond acceptors (Lipinski definition) is 2. The van der Waals surface area contributed by atoms with Crippen LogP contribution in [0, 0.1) is 0 Å². The fraction of sp³-hybridized carbons (Fsp3) is 0.333. The molecule has 2 N–H and O–H groups in total. The van der Waals surface area contributed by atoms with Gasteiger partial charge in [-0.25, -0.2) is 9.59 Å². The van der Waals surface area contributed by atoms with E-state index in [1.165, 1.54) is 6.07 Å². The zero-order chi connectivity index (χ0) is 12.1. The summed E-state index contributed by atoms with van der Waals surface area (Å²) < 4.78 is 0. The zero-order valence-electron chi connectivity index (χ0n) is 9.40. The summed E-state index contributed by atoms with van der Waals surface area (Å²) in [6.45, 7) is 2.00. The van der Waals surface area contributed by atoms with Crippen molar-refractivity contribution in [3.05, 3.63) is 34.9 Å². The van der Waals surface area contributed by atoms with Gasteiger partial charge in [-0.05, 0) is 24.5 Å². The molecule has 5 heteroatoms. The molecule has 0 atom stereocenters. The molecule has 0 aliphatic rings. The van der Waals surface area contributed by atoms with Gasteiger partial charge >= 0.3 is 11.9 Å². The average molecular weight is 281 g/mol. The van der Waals surface area contributed by atoms with E-state index >= 15 is 0 Å². The van der Waals surface area contributed by atoms with Crippen molar-refractivity contribution in [1.82, 2.24) is 0 Å². The van der Waals surface area contributed by atoms with Crippen LogP contribution in [0.3, 0.4) is 0 Å². The van der Waals surface area contributed by atoms with Crippen LogP contribution in [0.15, 0.2) is 18.2 Å². The van der Waals surface area contributed by atoms with Crippen molar-refractivity contribution in [2.24, 2.45) is 0 Å². The predicted molar refractivity (Wildman–Crippen MR) is 59.0 cm³/mol. The third-order valence-electron chi connectivity index (χ3n) is 2.39. The number of aryl methyl sites for hydroxylation is 1. The molecule has 0 saturated heterocycles. The quantitative estimate of drug-likeness (QED) is 0.869. The maximum absolute atomic E-state index is 11.0. The van der Waals surface area contributed by atoms with Gasteiger partial charge in [-0.1, -0.05) is 25.5 Å². The van der Waals surface area contributed by atoms with Crippen molar-refractivity contribution < 1.29 is 36.6 Å². The zero-order valence-corrected chi connectivity index (χ0v) is 10.4. The van der Waals surface area contributed by atoms with Crippen LogP contribution in [0.25, 0.3) is 0 Å². The number of rotatable bonds is 5. The number of carbonyl (C=O) groups is 2. The number of aromatic carboxylic acids is 2. The van der Waals surface area contributed by atoms with E-state index in [4.69, 9.17) is 10.2 Å². The van der Waals surface area contributed by atoms with Gasteiger partial charge in [0.15, 0.2) is 0 Å². The molecule has 0 unspecified atom stereocenters. The predicted octanol–water partition coefficient (Wildman–Crippen LogP) is 2.42. The molecule has 1 aromatic rings. The smallest absolute Gasteiger partial charge is 0.336 e. The van der Waals surface area contributed by atoms with Gasteiger partial charge in [-0.2, -0.15) is 0 Å². The SMILES string of the molecule is CCCCc1cccc(C(=O)O)c1C(=O)O.[Co]. The van der Waals surface area contributed by atoms with Crippen molar-refractivity contribution in [2.75, 3.05) is 0 Å². The van der Waals surface area contributed by atoms with Gasteiger partial charge in [0.2, 0.25) is 0 Å². The Morgan fingerprint density at radius 3 is 2.29 bits per heavy atom. The molecule has 1 radical (unpaired) electrons. The summed E-state index contributed by atoms with van der Waals surface area (Å²) >= 11 is 0. The molecule has 0 saturated carbocycles. The maximum atomic E-state index is 11.0. The number of hydrogen-bond donors (Lipinski definition) is 2. The summed E-state index contributed by atoms with van der Waals surface area (Å²) in [7, 11) is 0. The first-order chi connectivity index (χ1) is 7.57. The van der Waals surface area contributed by atoms with E-state index in [2.05, 4.69) is 0 Å². The Balaban J connectivity index is 0.00000256. The van der Waals surface area contributed by atoms with E-state index in [-0.39, 0.29) is 27.9 Å². The Morgan fingerprint density at radius 1 is 1.18 bits per heavy atom. The van der Waals surface area contributed by atoms with E-state index < -0.39 is 11.9 Å². The van der Waals surface area contributed by atoms with Crippen molar-refractivity contribution in [1.29, 1.82) is 0 Å². The van der Waals surface area contributed by atoms with E-state index in [9.17, 15) is 9.59 Å². The Hall–Kier alpha value is -1.33. The van der Waals surface area contributed by atoms with E-state index in [1.807, 2.05) is 6.92 Å². The van der Waals surface area contributed by atoms with Gasteiger partial charge in [0.1, 0.15) is 0 Å². The molecule has 95 valence electrons. The van der Waals surface area contributed by atoms with Gasteiger partial charge in [-0.15, -0.1) is 0 Å². The minimum Gasteiger partial charge on any atom is -0.478 e. The molecular formula is C12H14CoO4. The monoisotopic (exact) mass is 281 g/mol. The number of unbranched alkanes of at least 4 members (excludes halogenated alkanes) is 1. The number of benzene rings is 1. The fourth-order valence-electron chi connectivity index (χ4n) is 1.61. The summed E-state index contributed by atoms with van der Waals surface area (Å²) in [6, 6.07) is 4.58. The minimum absolute atomic E-state index is 0. The van der Waals surface area contributed by atoms with Crippen LogP contribution >= 0.6 is 0 Å². The van der Waals surface area contributed by atoms with Crippen molar-refractivity contribution in [3.8, 4) is 0 Å². The van der Waals surface area contributed by atoms with Crippen LogP contribution in [0.5, 0.6) is 0 Å². The Labute approximate surface area is 110 Å². The van der Waals surface area contributed by atoms with Crippen LogP contribution < -0.4 is 0 Å². The average Bonchev–Trinajstić information content (AvgIpc) is 2.25. The van der Waals surface area contributed by atoms with Crippen LogP contribution in [0.2, 0.25) is 0 Å². The topological polar surface area (TPSA) is 74.6 Å². The second-order valence-corrected chi connectivity index (χ2v) is 3.55. The van der Waals surface area contributed by atoms with E-state index in [1.54, 1.807) is 12.1 Å². The molecule has 0 spiro atoms. The summed E-state index contributed by atoms with van der Waals surface area (Å²) in [6.07, 6.45) is 2.39. The molecule has 0 fully saturated rings. The summed E-state index contributed by atoms with van der Waals surface area (Å²) in [5.74, 6) is -2.38. The fourth-order valence-corrected chi connectivity index (χ4v) is 1.61. The molecule has 0 aliphatic heterocycles. The van der Waals surface area contributed by atoms with Crippen LogP contribution in [-0.2, 0) is 23.2 Å². The van der Waals surface area contributed by atoms with E-state index in [0.29, 0.717) is 12.0 Å². The number of carboxylic acid groups (broad SMARTS) is 2. The third kappa shape index (κ3) is 3.87. The minimum atomic E-state index is -1.20. The van der Waals surface area contributed by atoms with Gasteiger partial charge < -0.3 is 10.2 Å². The molecule has 0 amide bonds. The molecule has 1 aromatic carbocycles. The number of carboxylic acids is 2. The molecule has 1 rings (SSSR count). The second kappa shape index (κ2) is 7.08. The Morgan fingerprint density at radius 2 is 1.82 bits per heavy atom. The largest absolute Gasteiger partial charge is 0.478 e. The Kier molecular flexibility index (Phi) is 6.53. The molecule has 17 heavy (non-hydrogen) atoms. The first kappa shape index (κ1) is 15.7. The van der Waals surface area contributed by atoms with Gasteiger partial charge in [0.05, 0.1) is 11.1 Å². The molecule has 0 heterocycles. The molecule has 4 nitrogen and oxygen atoms in total. The summed E-state index contributed by atoms with van der Waals surface area (Å²) in [5, 5.41) is 17.9. The molecular weight excluding hydrogens is 267 g/mol. The van der Waals surface area contributed by atoms with Crippen LogP contribution in [0.4, 0.5) is 0 Å². The summed E-state index contributed by atoms with van der Waals surface area (Å²) in [4.78, 5) is 21.9. The normalized spacial score (nSPS) is 9.47. The first-order valence-corrected chi connectivity index (χ1v) is 5.16. The van der Waals surface area contributed by atoms with E-state index in [0.717, 1.165) is 12.8 Å². The van der Waals surface area contributed by atoms with Gasteiger partial charge in [0, 0.05) is 16.8 Å². The van der Waals surface area contributed by atoms with Crippen molar-refractivity contribution >= 4 is 11.9 Å². The maximum Gasteiger partial charge on any atom is 0.336 e. The standard InChI is InChI=1S/C12H14O4.Co/c1-2-3-5-8-6-4-7-9(11(13)14)10(8)12(15)16;/h4,6-7H,2-3,5H2,1H3,(H,13,14)(H,15,16);. The van der Waals surface area contributed by atoms with Gasteiger partial charge in [-0.3, -0.25) is 0 Å². The molecule has 0 aliphatic carbocycles. The molecule has 0 bridgehead atoms. The third-order valence-corrected chi connectivity index (χ3v) is 2.39.